The minimum Gasteiger partial charge on any atom is -0.386 e. The second-order valence-corrected chi connectivity index (χ2v) is 8.82. The Labute approximate surface area is 189 Å². The van der Waals surface area contributed by atoms with Crippen molar-refractivity contribution >= 4 is 0 Å². The van der Waals surface area contributed by atoms with E-state index in [1.54, 1.807) is 0 Å². The lowest BCUT2D eigenvalue weighted by Gasteiger charge is -2.36. The maximum Gasteiger partial charge on any atom is 0.164 e. The highest BCUT2D eigenvalue weighted by Gasteiger charge is 2.50. The maximum absolute atomic E-state index is 10.5. The van der Waals surface area contributed by atoms with Crippen molar-refractivity contribution in [2.24, 2.45) is 0 Å². The molecule has 0 bridgehead atoms. The van der Waals surface area contributed by atoms with Crippen molar-refractivity contribution in [1.82, 2.24) is 0 Å². The third kappa shape index (κ3) is 3.70. The molecular weight excluding hydrogens is 400 g/mol. The van der Waals surface area contributed by atoms with Gasteiger partial charge in [0.05, 0.1) is 6.61 Å². The summed E-state index contributed by atoms with van der Waals surface area (Å²) < 4.78 is 18.9. The summed E-state index contributed by atoms with van der Waals surface area (Å²) in [5.41, 5.74) is 3.20. The molecule has 3 aromatic rings. The molecule has 1 aliphatic carbocycles. The molecule has 4 nitrogen and oxygen atoms in total. The molecule has 164 valence electrons. The average Bonchev–Trinajstić information content (AvgIpc) is 3.29. The van der Waals surface area contributed by atoms with Gasteiger partial charge in [-0.2, -0.15) is 0 Å². The average molecular weight is 429 g/mol. The molecule has 1 saturated heterocycles. The third-order valence-electron chi connectivity index (χ3n) is 6.21. The van der Waals surface area contributed by atoms with E-state index in [1.807, 2.05) is 74.5 Å². The van der Waals surface area contributed by atoms with Gasteiger partial charge >= 0.3 is 0 Å². The van der Waals surface area contributed by atoms with E-state index >= 15 is 0 Å². The molecular formula is C28H28O4. The van der Waals surface area contributed by atoms with Crippen LogP contribution in [0.25, 0.3) is 0 Å². The summed E-state index contributed by atoms with van der Waals surface area (Å²) in [5, 5.41) is 10.5. The first-order chi connectivity index (χ1) is 15.5. The Hall–Kier alpha value is -2.76. The lowest BCUT2D eigenvalue weighted by atomic mass is 9.80. The van der Waals surface area contributed by atoms with Crippen LogP contribution in [0.1, 0.15) is 30.5 Å². The summed E-state index contributed by atoms with van der Waals surface area (Å²) in [7, 11) is 0. The number of aliphatic hydroxyl groups is 1. The van der Waals surface area contributed by atoms with Crippen molar-refractivity contribution in [1.29, 1.82) is 0 Å². The summed E-state index contributed by atoms with van der Waals surface area (Å²) in [5.74, 6) is -0.731. The Balaban J connectivity index is 1.57. The quantitative estimate of drug-likeness (QED) is 0.452. The molecule has 5 rings (SSSR count). The highest BCUT2D eigenvalue weighted by atomic mass is 16.8. The minimum atomic E-state index is -0.817. The van der Waals surface area contributed by atoms with Crippen LogP contribution >= 0.6 is 0 Å². The van der Waals surface area contributed by atoms with Gasteiger partial charge in [0.1, 0.15) is 23.9 Å². The van der Waals surface area contributed by atoms with Gasteiger partial charge in [-0.1, -0.05) is 91.0 Å². The molecule has 32 heavy (non-hydrogen) atoms. The highest BCUT2D eigenvalue weighted by molar-refractivity contribution is 5.47. The van der Waals surface area contributed by atoms with E-state index in [-0.39, 0.29) is 6.10 Å². The molecule has 0 saturated carbocycles. The first kappa shape index (κ1) is 21.1. The van der Waals surface area contributed by atoms with Gasteiger partial charge in [-0.25, -0.2) is 0 Å². The van der Waals surface area contributed by atoms with Crippen LogP contribution in [0.3, 0.4) is 0 Å². The Bertz CT molecular complexity index is 980. The van der Waals surface area contributed by atoms with Crippen LogP contribution in [-0.2, 0) is 19.8 Å². The Kier molecular flexibility index (Phi) is 5.48. The summed E-state index contributed by atoms with van der Waals surface area (Å²) >= 11 is 0. The lowest BCUT2D eigenvalue weighted by Crippen LogP contribution is -2.35. The van der Waals surface area contributed by atoms with Crippen molar-refractivity contribution in [2.45, 2.75) is 43.5 Å². The SMILES string of the molecule is CC1(C)O[C@H]2[C@H](O1)C(COC(c1ccccc1)(c1ccccc1)c1ccccc1)=C[C@@H]2O. The molecule has 3 aromatic carbocycles. The third-order valence-corrected chi connectivity index (χ3v) is 6.21. The number of benzene rings is 3. The molecule has 2 aliphatic rings. The van der Waals surface area contributed by atoms with Crippen molar-refractivity contribution in [2.75, 3.05) is 6.61 Å². The van der Waals surface area contributed by atoms with Crippen LogP contribution in [0, 0.1) is 0 Å². The molecule has 1 fully saturated rings. The van der Waals surface area contributed by atoms with Gasteiger partial charge in [0.25, 0.3) is 0 Å². The maximum atomic E-state index is 10.5. The number of fused-ring (bicyclic) bond motifs is 1. The first-order valence-corrected chi connectivity index (χ1v) is 11.0. The van der Waals surface area contributed by atoms with Crippen molar-refractivity contribution in [3.05, 3.63) is 119 Å². The number of rotatable bonds is 6. The second kappa shape index (κ2) is 8.30. The molecule has 0 unspecified atom stereocenters. The van der Waals surface area contributed by atoms with Crippen LogP contribution in [0.15, 0.2) is 103 Å². The zero-order valence-electron chi connectivity index (χ0n) is 18.3. The van der Waals surface area contributed by atoms with E-state index in [1.165, 1.54) is 0 Å². The van der Waals surface area contributed by atoms with Gasteiger partial charge < -0.3 is 19.3 Å². The standard InChI is InChI=1S/C28H28O4/c1-27(2)31-25-20(18-24(29)26(25)32-27)19-30-28(21-12-6-3-7-13-21,22-14-8-4-9-15-22)23-16-10-5-11-17-23/h3-18,24-26,29H,19H2,1-2H3/t24-,25+,26+/m0/s1. The molecule has 1 heterocycles. The van der Waals surface area contributed by atoms with Crippen molar-refractivity contribution < 1.29 is 19.3 Å². The number of ether oxygens (including phenoxy) is 3. The molecule has 0 amide bonds. The number of hydrogen-bond donors (Lipinski definition) is 1. The molecule has 1 N–H and O–H groups in total. The fourth-order valence-electron chi connectivity index (χ4n) is 4.83. The fourth-order valence-corrected chi connectivity index (χ4v) is 4.83. The fraction of sp³-hybridized carbons (Fsp3) is 0.286. The summed E-state index contributed by atoms with van der Waals surface area (Å²) in [6.45, 7) is 4.05. The zero-order chi connectivity index (χ0) is 22.2. The van der Waals surface area contributed by atoms with Gasteiger partial charge in [-0.05, 0) is 42.2 Å². The Morgan fingerprint density at radius 3 is 1.72 bits per heavy atom. The molecule has 1 aliphatic heterocycles. The van der Waals surface area contributed by atoms with Gasteiger partial charge in [-0.15, -0.1) is 0 Å². The van der Waals surface area contributed by atoms with Crippen molar-refractivity contribution in [3.8, 4) is 0 Å². The summed E-state index contributed by atoms with van der Waals surface area (Å²) in [4.78, 5) is 0. The largest absolute Gasteiger partial charge is 0.386 e. The van der Waals surface area contributed by atoms with E-state index in [0.717, 1.165) is 22.3 Å². The predicted molar refractivity (Wildman–Crippen MR) is 123 cm³/mol. The second-order valence-electron chi connectivity index (χ2n) is 8.82. The first-order valence-electron chi connectivity index (χ1n) is 11.0. The van der Waals surface area contributed by atoms with Gasteiger partial charge in [-0.3, -0.25) is 0 Å². The zero-order valence-corrected chi connectivity index (χ0v) is 18.3. The molecule has 3 atom stereocenters. The summed E-state index contributed by atoms with van der Waals surface area (Å²) in [6.07, 6.45) is 0.388. The van der Waals surface area contributed by atoms with E-state index in [9.17, 15) is 5.11 Å². The minimum absolute atomic E-state index is 0.302. The van der Waals surface area contributed by atoms with Crippen LogP contribution in [-0.4, -0.2) is 35.8 Å². The van der Waals surface area contributed by atoms with Gasteiger partial charge in [0.2, 0.25) is 0 Å². The lowest BCUT2D eigenvalue weighted by molar-refractivity contribution is -0.153. The van der Waals surface area contributed by atoms with E-state index < -0.39 is 23.6 Å². The Morgan fingerprint density at radius 2 is 1.25 bits per heavy atom. The van der Waals surface area contributed by atoms with E-state index in [4.69, 9.17) is 14.2 Å². The normalized spacial score (nSPS) is 24.2. The molecule has 0 spiro atoms. The number of hydrogen-bond acceptors (Lipinski definition) is 4. The van der Waals surface area contributed by atoms with E-state index in [2.05, 4.69) is 36.4 Å². The molecule has 0 radical (unpaired) electrons. The topological polar surface area (TPSA) is 47.9 Å². The predicted octanol–water partition coefficient (Wildman–Crippen LogP) is 4.82. The molecule has 4 heteroatoms. The van der Waals surface area contributed by atoms with Gasteiger partial charge in [0, 0.05) is 0 Å². The van der Waals surface area contributed by atoms with Crippen LogP contribution in [0.5, 0.6) is 0 Å². The number of aliphatic hydroxyl groups excluding tert-OH is 1. The van der Waals surface area contributed by atoms with Crippen LogP contribution < -0.4 is 0 Å². The molecule has 0 aromatic heterocycles. The van der Waals surface area contributed by atoms with Gasteiger partial charge in [0.15, 0.2) is 5.79 Å². The smallest absolute Gasteiger partial charge is 0.164 e. The van der Waals surface area contributed by atoms with Crippen LogP contribution in [0.4, 0.5) is 0 Å². The van der Waals surface area contributed by atoms with Crippen molar-refractivity contribution in [3.63, 3.8) is 0 Å². The summed E-state index contributed by atoms with van der Waals surface area (Å²) in [6, 6.07) is 30.8. The monoisotopic (exact) mass is 428 g/mol. The van der Waals surface area contributed by atoms with Crippen LogP contribution in [0.2, 0.25) is 0 Å². The van der Waals surface area contributed by atoms with E-state index in [0.29, 0.717) is 6.61 Å². The highest BCUT2D eigenvalue weighted by Crippen LogP contribution is 2.43. The Morgan fingerprint density at radius 1 is 0.781 bits per heavy atom.